The lowest BCUT2D eigenvalue weighted by Gasteiger charge is -2.18. The van der Waals surface area contributed by atoms with Gasteiger partial charge >= 0.3 is 0 Å². The molecule has 1 rings (SSSR count). The van der Waals surface area contributed by atoms with Gasteiger partial charge in [0, 0.05) is 13.1 Å². The topological polar surface area (TPSA) is 24.1 Å². The maximum absolute atomic E-state index is 3.44. The third-order valence-corrected chi connectivity index (χ3v) is 2.69. The van der Waals surface area contributed by atoms with Gasteiger partial charge in [-0.1, -0.05) is 13.8 Å². The molecule has 0 aromatic carbocycles. The second-order valence-corrected chi connectivity index (χ2v) is 3.70. The summed E-state index contributed by atoms with van der Waals surface area (Å²) in [6, 6.07) is 0. The second-order valence-electron chi connectivity index (χ2n) is 3.70. The Morgan fingerprint density at radius 2 is 1.64 bits per heavy atom. The molecule has 11 heavy (non-hydrogen) atoms. The van der Waals surface area contributed by atoms with E-state index in [2.05, 4.69) is 24.5 Å². The van der Waals surface area contributed by atoms with Crippen molar-refractivity contribution in [3.8, 4) is 0 Å². The molecule has 2 N–H and O–H groups in total. The normalized spacial score (nSPS) is 35.5. The molecule has 0 aromatic rings. The first-order valence-electron chi connectivity index (χ1n) is 4.72. The van der Waals surface area contributed by atoms with Gasteiger partial charge in [0.15, 0.2) is 0 Å². The van der Waals surface area contributed by atoms with Crippen LogP contribution in [0.2, 0.25) is 0 Å². The molecule has 2 atom stereocenters. The van der Waals surface area contributed by atoms with E-state index in [-0.39, 0.29) is 0 Å². The molecule has 0 aliphatic carbocycles. The minimum Gasteiger partial charge on any atom is -0.315 e. The van der Waals surface area contributed by atoms with Crippen LogP contribution in [-0.4, -0.2) is 26.2 Å². The molecule has 0 aromatic heterocycles. The van der Waals surface area contributed by atoms with Crippen LogP contribution in [0.3, 0.4) is 0 Å². The van der Waals surface area contributed by atoms with Crippen LogP contribution < -0.4 is 10.6 Å². The molecule has 0 saturated carbocycles. The van der Waals surface area contributed by atoms with Gasteiger partial charge in [-0.15, -0.1) is 0 Å². The van der Waals surface area contributed by atoms with Gasteiger partial charge in [0.2, 0.25) is 0 Å². The van der Waals surface area contributed by atoms with Gasteiger partial charge in [0.05, 0.1) is 0 Å². The van der Waals surface area contributed by atoms with E-state index in [1.54, 1.807) is 0 Å². The fraction of sp³-hybridized carbons (Fsp3) is 1.00. The largest absolute Gasteiger partial charge is 0.315 e. The highest BCUT2D eigenvalue weighted by atomic mass is 14.9. The Kier molecular flexibility index (Phi) is 3.87. The average Bonchev–Trinajstić information content (AvgIpc) is 2.07. The minimum atomic E-state index is 0.829. The van der Waals surface area contributed by atoms with Crippen molar-refractivity contribution in [1.82, 2.24) is 10.6 Å². The van der Waals surface area contributed by atoms with Gasteiger partial charge in [-0.25, -0.2) is 0 Å². The summed E-state index contributed by atoms with van der Waals surface area (Å²) in [7, 11) is 0. The molecule has 1 heterocycles. The Labute approximate surface area is 69.8 Å². The summed E-state index contributed by atoms with van der Waals surface area (Å²) in [5.74, 6) is 1.68. The Morgan fingerprint density at radius 3 is 2.45 bits per heavy atom. The van der Waals surface area contributed by atoms with E-state index in [1.165, 1.54) is 19.5 Å². The van der Waals surface area contributed by atoms with Gasteiger partial charge in [0.1, 0.15) is 0 Å². The number of rotatable bonds is 0. The van der Waals surface area contributed by atoms with Gasteiger partial charge < -0.3 is 10.6 Å². The lowest BCUT2D eigenvalue weighted by atomic mass is 9.93. The molecular formula is C9H20N2. The first-order valence-corrected chi connectivity index (χ1v) is 4.72. The SMILES string of the molecule is CC1CCNCCNCC1C. The summed E-state index contributed by atoms with van der Waals surface area (Å²) in [6.45, 7) is 9.30. The zero-order chi connectivity index (χ0) is 8.10. The smallest absolute Gasteiger partial charge is 0.00768 e. The molecule has 66 valence electrons. The third kappa shape index (κ3) is 3.21. The molecule has 2 unspecified atom stereocenters. The molecule has 0 radical (unpaired) electrons. The average molecular weight is 156 g/mol. The van der Waals surface area contributed by atoms with E-state index in [9.17, 15) is 0 Å². The van der Waals surface area contributed by atoms with Crippen molar-refractivity contribution in [2.75, 3.05) is 26.2 Å². The van der Waals surface area contributed by atoms with Crippen molar-refractivity contribution in [3.63, 3.8) is 0 Å². The molecule has 1 aliphatic rings. The monoisotopic (exact) mass is 156 g/mol. The maximum Gasteiger partial charge on any atom is 0.00768 e. The maximum atomic E-state index is 3.44. The molecule has 0 bridgehead atoms. The van der Waals surface area contributed by atoms with Crippen molar-refractivity contribution in [2.45, 2.75) is 20.3 Å². The standard InChI is InChI=1S/C9H20N2/c1-8-3-4-10-5-6-11-7-9(8)2/h8-11H,3-7H2,1-2H3. The van der Waals surface area contributed by atoms with E-state index in [1.807, 2.05) is 0 Å². The van der Waals surface area contributed by atoms with Crippen LogP contribution in [0, 0.1) is 11.8 Å². The van der Waals surface area contributed by atoms with Gasteiger partial charge in [-0.3, -0.25) is 0 Å². The zero-order valence-corrected chi connectivity index (χ0v) is 7.69. The third-order valence-electron chi connectivity index (χ3n) is 2.69. The molecule has 1 fully saturated rings. The summed E-state index contributed by atoms with van der Waals surface area (Å²) in [4.78, 5) is 0. The van der Waals surface area contributed by atoms with Crippen molar-refractivity contribution in [1.29, 1.82) is 0 Å². The van der Waals surface area contributed by atoms with Gasteiger partial charge in [-0.05, 0) is 31.3 Å². The Hall–Kier alpha value is -0.0800. The fourth-order valence-corrected chi connectivity index (χ4v) is 1.45. The van der Waals surface area contributed by atoms with Crippen LogP contribution in [0.15, 0.2) is 0 Å². The molecule has 1 saturated heterocycles. The van der Waals surface area contributed by atoms with Crippen LogP contribution in [0.4, 0.5) is 0 Å². The van der Waals surface area contributed by atoms with Crippen LogP contribution in [0.5, 0.6) is 0 Å². The molecular weight excluding hydrogens is 136 g/mol. The van der Waals surface area contributed by atoms with Crippen molar-refractivity contribution >= 4 is 0 Å². The molecule has 0 amide bonds. The van der Waals surface area contributed by atoms with Crippen LogP contribution >= 0.6 is 0 Å². The molecule has 1 aliphatic heterocycles. The zero-order valence-electron chi connectivity index (χ0n) is 7.69. The van der Waals surface area contributed by atoms with E-state index in [0.717, 1.165) is 24.9 Å². The van der Waals surface area contributed by atoms with E-state index < -0.39 is 0 Å². The van der Waals surface area contributed by atoms with Crippen LogP contribution in [0.1, 0.15) is 20.3 Å². The van der Waals surface area contributed by atoms with Gasteiger partial charge in [0.25, 0.3) is 0 Å². The first kappa shape index (κ1) is 9.01. The molecule has 2 nitrogen and oxygen atoms in total. The summed E-state index contributed by atoms with van der Waals surface area (Å²) in [5.41, 5.74) is 0. The lowest BCUT2D eigenvalue weighted by molar-refractivity contribution is 0.359. The summed E-state index contributed by atoms with van der Waals surface area (Å²) >= 11 is 0. The fourth-order valence-electron chi connectivity index (χ4n) is 1.45. The molecule has 2 heteroatoms. The van der Waals surface area contributed by atoms with Crippen LogP contribution in [-0.2, 0) is 0 Å². The summed E-state index contributed by atoms with van der Waals surface area (Å²) < 4.78 is 0. The second kappa shape index (κ2) is 4.73. The number of nitrogens with one attached hydrogen (secondary N) is 2. The minimum absolute atomic E-state index is 0.829. The predicted octanol–water partition coefficient (Wildman–Crippen LogP) is 0.841. The quantitative estimate of drug-likeness (QED) is 0.543. The first-order chi connectivity index (χ1) is 5.30. The predicted molar refractivity (Wildman–Crippen MR) is 48.7 cm³/mol. The highest BCUT2D eigenvalue weighted by molar-refractivity contribution is 4.68. The van der Waals surface area contributed by atoms with Gasteiger partial charge in [-0.2, -0.15) is 0 Å². The Morgan fingerprint density at radius 1 is 0.909 bits per heavy atom. The van der Waals surface area contributed by atoms with Crippen molar-refractivity contribution in [3.05, 3.63) is 0 Å². The Bertz CT molecular complexity index is 91.7. The van der Waals surface area contributed by atoms with Crippen molar-refractivity contribution in [2.24, 2.45) is 11.8 Å². The number of hydrogen-bond acceptors (Lipinski definition) is 2. The van der Waals surface area contributed by atoms with Crippen LogP contribution in [0.25, 0.3) is 0 Å². The van der Waals surface area contributed by atoms with E-state index >= 15 is 0 Å². The van der Waals surface area contributed by atoms with Crippen molar-refractivity contribution < 1.29 is 0 Å². The summed E-state index contributed by atoms with van der Waals surface area (Å²) in [6.07, 6.45) is 1.32. The highest BCUT2D eigenvalue weighted by Crippen LogP contribution is 2.13. The van der Waals surface area contributed by atoms with E-state index in [0.29, 0.717) is 0 Å². The summed E-state index contributed by atoms with van der Waals surface area (Å²) in [5, 5.41) is 6.86. The molecule has 0 spiro atoms. The van der Waals surface area contributed by atoms with E-state index in [4.69, 9.17) is 0 Å². The number of hydrogen-bond donors (Lipinski definition) is 2. The highest BCUT2D eigenvalue weighted by Gasteiger charge is 2.12. The Balaban J connectivity index is 2.29. The lowest BCUT2D eigenvalue weighted by Crippen LogP contribution is -2.28.